The maximum absolute atomic E-state index is 8.61. The van der Waals surface area contributed by atoms with Gasteiger partial charge < -0.3 is 0 Å². The zero-order valence-corrected chi connectivity index (χ0v) is 7.65. The minimum Gasteiger partial charge on any atom is -0.294 e. The highest BCUT2D eigenvalue weighted by Crippen LogP contribution is 2.46. The van der Waals surface area contributed by atoms with E-state index >= 15 is 0 Å². The lowest BCUT2D eigenvalue weighted by Crippen LogP contribution is -2.23. The summed E-state index contributed by atoms with van der Waals surface area (Å²) in [5.74, 6) is 1.72. The molecule has 0 amide bonds. The SMILES string of the molecule is N#CC1CN1OC1CC2CCC1C2. The van der Waals surface area contributed by atoms with E-state index in [0.29, 0.717) is 6.10 Å². The number of fused-ring (bicyclic) bond motifs is 2. The quantitative estimate of drug-likeness (QED) is 0.598. The largest absolute Gasteiger partial charge is 0.294 e. The van der Waals surface area contributed by atoms with Crippen LogP contribution >= 0.6 is 0 Å². The Morgan fingerprint density at radius 3 is 2.77 bits per heavy atom. The van der Waals surface area contributed by atoms with E-state index in [1.165, 1.54) is 25.7 Å². The van der Waals surface area contributed by atoms with E-state index in [1.807, 2.05) is 5.06 Å². The Morgan fingerprint density at radius 2 is 2.23 bits per heavy atom. The molecule has 2 bridgehead atoms. The molecule has 3 fully saturated rings. The first kappa shape index (κ1) is 7.78. The van der Waals surface area contributed by atoms with E-state index < -0.39 is 0 Å². The fraction of sp³-hybridized carbons (Fsp3) is 0.900. The Labute approximate surface area is 78.2 Å². The summed E-state index contributed by atoms with van der Waals surface area (Å²) in [5.41, 5.74) is 0. The lowest BCUT2D eigenvalue weighted by molar-refractivity contribution is -0.140. The first-order valence-electron chi connectivity index (χ1n) is 5.20. The standard InChI is InChI=1S/C10H14N2O/c11-5-9-6-12(9)13-10-4-7-1-2-8(10)3-7/h7-10H,1-4,6H2. The molecule has 3 nitrogen and oxygen atoms in total. The van der Waals surface area contributed by atoms with Crippen LogP contribution in [0.2, 0.25) is 0 Å². The van der Waals surface area contributed by atoms with Gasteiger partial charge in [-0.2, -0.15) is 10.3 Å². The summed E-state index contributed by atoms with van der Waals surface area (Å²) in [6, 6.07) is 2.26. The Bertz CT molecular complexity index is 260. The van der Waals surface area contributed by atoms with E-state index in [-0.39, 0.29) is 6.04 Å². The van der Waals surface area contributed by atoms with E-state index in [1.54, 1.807) is 0 Å². The van der Waals surface area contributed by atoms with Crippen LogP contribution in [-0.2, 0) is 4.84 Å². The van der Waals surface area contributed by atoms with E-state index in [9.17, 15) is 0 Å². The first-order chi connectivity index (χ1) is 6.36. The number of nitrogens with zero attached hydrogens (tertiary/aromatic N) is 2. The number of hydrogen-bond donors (Lipinski definition) is 0. The van der Waals surface area contributed by atoms with Gasteiger partial charge in [-0.3, -0.25) is 4.84 Å². The smallest absolute Gasteiger partial charge is 0.137 e. The van der Waals surface area contributed by atoms with Gasteiger partial charge in [-0.1, -0.05) is 0 Å². The predicted octanol–water partition coefficient (Wildman–Crippen LogP) is 1.31. The van der Waals surface area contributed by atoms with Crippen LogP contribution < -0.4 is 0 Å². The lowest BCUT2D eigenvalue weighted by atomic mass is 9.98. The summed E-state index contributed by atoms with van der Waals surface area (Å²) in [7, 11) is 0. The molecule has 0 aromatic heterocycles. The second kappa shape index (κ2) is 2.70. The van der Waals surface area contributed by atoms with Gasteiger partial charge in [0.25, 0.3) is 0 Å². The number of nitriles is 1. The molecule has 1 saturated heterocycles. The van der Waals surface area contributed by atoms with Crippen LogP contribution in [0.15, 0.2) is 0 Å². The van der Waals surface area contributed by atoms with Crippen molar-refractivity contribution in [2.24, 2.45) is 11.8 Å². The number of rotatable bonds is 2. The molecule has 0 spiro atoms. The normalized spacial score (nSPS) is 52.1. The van der Waals surface area contributed by atoms with Crippen LogP contribution in [0.4, 0.5) is 0 Å². The minimum atomic E-state index is 0.0547. The van der Waals surface area contributed by atoms with Crippen molar-refractivity contribution in [1.29, 1.82) is 5.26 Å². The second-order valence-corrected chi connectivity index (χ2v) is 4.56. The number of hydroxylamine groups is 2. The summed E-state index contributed by atoms with van der Waals surface area (Å²) in [6.45, 7) is 0.824. The third kappa shape index (κ3) is 1.25. The Hall–Kier alpha value is -0.590. The summed E-state index contributed by atoms with van der Waals surface area (Å²) in [6.07, 6.45) is 5.80. The minimum absolute atomic E-state index is 0.0547. The van der Waals surface area contributed by atoms with E-state index in [0.717, 1.165) is 18.4 Å². The average Bonchev–Trinajstić information content (AvgIpc) is 2.58. The zero-order chi connectivity index (χ0) is 8.84. The van der Waals surface area contributed by atoms with Gasteiger partial charge in [0.1, 0.15) is 6.04 Å². The average molecular weight is 178 g/mol. The van der Waals surface area contributed by atoms with Crippen molar-refractivity contribution in [3.05, 3.63) is 0 Å². The van der Waals surface area contributed by atoms with Crippen molar-refractivity contribution < 1.29 is 4.84 Å². The van der Waals surface area contributed by atoms with Gasteiger partial charge in [-0.25, -0.2) is 0 Å². The fourth-order valence-corrected chi connectivity index (χ4v) is 2.83. The fourth-order valence-electron chi connectivity index (χ4n) is 2.83. The Balaban J connectivity index is 1.55. The van der Waals surface area contributed by atoms with Crippen molar-refractivity contribution >= 4 is 0 Å². The molecule has 5 atom stereocenters. The molecule has 0 aromatic carbocycles. The Kier molecular flexibility index (Phi) is 1.61. The molecule has 0 N–H and O–H groups in total. The van der Waals surface area contributed by atoms with Crippen LogP contribution in [0.1, 0.15) is 25.7 Å². The summed E-state index contributed by atoms with van der Waals surface area (Å²) >= 11 is 0. The van der Waals surface area contributed by atoms with Gasteiger partial charge in [0.2, 0.25) is 0 Å². The molecule has 0 radical (unpaired) electrons. The lowest BCUT2D eigenvalue weighted by Gasteiger charge is -2.21. The molecule has 70 valence electrons. The monoisotopic (exact) mass is 178 g/mol. The van der Waals surface area contributed by atoms with Gasteiger partial charge in [-0.05, 0) is 37.5 Å². The van der Waals surface area contributed by atoms with Crippen LogP contribution in [0.3, 0.4) is 0 Å². The molecule has 3 rings (SSSR count). The van der Waals surface area contributed by atoms with Crippen molar-refractivity contribution in [1.82, 2.24) is 5.06 Å². The highest BCUT2D eigenvalue weighted by Gasteiger charge is 2.45. The molecule has 2 aliphatic carbocycles. The first-order valence-corrected chi connectivity index (χ1v) is 5.20. The molecule has 1 aliphatic heterocycles. The van der Waals surface area contributed by atoms with Crippen molar-refractivity contribution in [2.75, 3.05) is 6.54 Å². The van der Waals surface area contributed by atoms with Gasteiger partial charge in [0.15, 0.2) is 0 Å². The van der Waals surface area contributed by atoms with Crippen molar-refractivity contribution in [3.8, 4) is 6.07 Å². The summed E-state index contributed by atoms with van der Waals surface area (Å²) in [4.78, 5) is 5.77. The topological polar surface area (TPSA) is 36.0 Å². The predicted molar refractivity (Wildman–Crippen MR) is 46.4 cm³/mol. The molecule has 1 heterocycles. The molecule has 3 heteroatoms. The highest BCUT2D eigenvalue weighted by atomic mass is 16.7. The van der Waals surface area contributed by atoms with Crippen LogP contribution in [-0.4, -0.2) is 23.8 Å². The number of hydrogen-bond acceptors (Lipinski definition) is 3. The molecule has 5 unspecified atom stereocenters. The highest BCUT2D eigenvalue weighted by molar-refractivity contribution is 5.02. The van der Waals surface area contributed by atoms with Gasteiger partial charge in [-0.15, -0.1) is 0 Å². The Morgan fingerprint density at radius 1 is 1.31 bits per heavy atom. The van der Waals surface area contributed by atoms with Crippen molar-refractivity contribution in [2.45, 2.75) is 37.8 Å². The van der Waals surface area contributed by atoms with Crippen molar-refractivity contribution in [3.63, 3.8) is 0 Å². The van der Waals surface area contributed by atoms with Crippen LogP contribution in [0.5, 0.6) is 0 Å². The summed E-state index contributed by atoms with van der Waals surface area (Å²) in [5, 5.41) is 10.4. The maximum atomic E-state index is 8.61. The van der Waals surface area contributed by atoms with Gasteiger partial charge >= 0.3 is 0 Å². The molecule has 13 heavy (non-hydrogen) atoms. The maximum Gasteiger partial charge on any atom is 0.137 e. The third-order valence-corrected chi connectivity index (χ3v) is 3.66. The van der Waals surface area contributed by atoms with Gasteiger partial charge in [0, 0.05) is 0 Å². The second-order valence-electron chi connectivity index (χ2n) is 4.56. The van der Waals surface area contributed by atoms with E-state index in [4.69, 9.17) is 10.1 Å². The molecule has 0 aromatic rings. The molecular weight excluding hydrogens is 164 g/mol. The molecular formula is C10H14N2O. The molecule has 3 aliphatic rings. The molecule has 2 saturated carbocycles. The third-order valence-electron chi connectivity index (χ3n) is 3.66. The van der Waals surface area contributed by atoms with E-state index in [2.05, 4.69) is 6.07 Å². The van der Waals surface area contributed by atoms with Crippen LogP contribution in [0.25, 0.3) is 0 Å². The van der Waals surface area contributed by atoms with Gasteiger partial charge in [0.05, 0.1) is 18.7 Å². The summed E-state index contributed by atoms with van der Waals surface area (Å²) < 4.78 is 0. The zero-order valence-electron chi connectivity index (χ0n) is 7.65. The van der Waals surface area contributed by atoms with Crippen LogP contribution in [0, 0.1) is 23.2 Å².